The van der Waals surface area contributed by atoms with E-state index in [2.05, 4.69) is 20.1 Å². The number of fused-ring (bicyclic) bond motifs is 1. The van der Waals surface area contributed by atoms with E-state index in [0.29, 0.717) is 17.9 Å². The Hall–Kier alpha value is -4.08. The third-order valence-electron chi connectivity index (χ3n) is 4.29. The second kappa shape index (κ2) is 7.50. The van der Waals surface area contributed by atoms with Crippen molar-refractivity contribution in [2.24, 2.45) is 0 Å². The van der Waals surface area contributed by atoms with Gasteiger partial charge in [-0.25, -0.2) is 9.67 Å². The SMILES string of the molecule is COc1ccc(Cn2nc(C)c3c(Oc4ncc([N+](=O)[O-])cn4)ccnc32)cc1. The zero-order valence-electron chi connectivity index (χ0n) is 15.6. The van der Waals surface area contributed by atoms with E-state index in [0.717, 1.165) is 34.8 Å². The van der Waals surface area contributed by atoms with Crippen LogP contribution in [0.3, 0.4) is 0 Å². The van der Waals surface area contributed by atoms with Gasteiger partial charge in [0.05, 0.1) is 29.7 Å². The summed E-state index contributed by atoms with van der Waals surface area (Å²) in [7, 11) is 1.62. The summed E-state index contributed by atoms with van der Waals surface area (Å²) in [5.74, 6) is 1.26. The van der Waals surface area contributed by atoms with E-state index in [-0.39, 0.29) is 11.7 Å². The van der Waals surface area contributed by atoms with Gasteiger partial charge in [-0.05, 0) is 24.6 Å². The molecule has 4 aromatic rings. The molecule has 29 heavy (non-hydrogen) atoms. The monoisotopic (exact) mass is 392 g/mol. The lowest BCUT2D eigenvalue weighted by atomic mass is 10.2. The first-order valence-corrected chi connectivity index (χ1v) is 8.64. The normalized spacial score (nSPS) is 10.8. The molecule has 0 aliphatic rings. The first-order chi connectivity index (χ1) is 14.0. The molecule has 0 aliphatic heterocycles. The van der Waals surface area contributed by atoms with Crippen LogP contribution in [0.1, 0.15) is 11.3 Å². The molecule has 3 aromatic heterocycles. The van der Waals surface area contributed by atoms with Gasteiger partial charge >= 0.3 is 11.7 Å². The molecule has 146 valence electrons. The van der Waals surface area contributed by atoms with Gasteiger partial charge < -0.3 is 9.47 Å². The fraction of sp³-hybridized carbons (Fsp3) is 0.158. The summed E-state index contributed by atoms with van der Waals surface area (Å²) in [5, 5.41) is 16.0. The van der Waals surface area contributed by atoms with Crippen LogP contribution in [0, 0.1) is 17.0 Å². The number of ether oxygens (including phenoxy) is 2. The Morgan fingerprint density at radius 3 is 2.48 bits per heavy atom. The molecule has 0 unspecified atom stereocenters. The van der Waals surface area contributed by atoms with Crippen molar-refractivity contribution in [3.05, 3.63) is 70.3 Å². The molecule has 0 saturated carbocycles. The second-order valence-corrected chi connectivity index (χ2v) is 6.18. The quantitative estimate of drug-likeness (QED) is 0.362. The highest BCUT2D eigenvalue weighted by Crippen LogP contribution is 2.30. The van der Waals surface area contributed by atoms with E-state index < -0.39 is 4.92 Å². The lowest BCUT2D eigenvalue weighted by Gasteiger charge is -2.06. The maximum Gasteiger partial charge on any atom is 0.322 e. The summed E-state index contributed by atoms with van der Waals surface area (Å²) in [4.78, 5) is 22.4. The minimum absolute atomic E-state index is 0.00500. The van der Waals surface area contributed by atoms with Crippen LogP contribution in [-0.2, 0) is 6.54 Å². The van der Waals surface area contributed by atoms with Gasteiger partial charge in [0.25, 0.3) is 0 Å². The topological polar surface area (TPSA) is 118 Å². The molecular formula is C19H16N6O4. The number of methoxy groups -OCH3 is 1. The van der Waals surface area contributed by atoms with Crippen molar-refractivity contribution in [2.45, 2.75) is 13.5 Å². The number of hydrogen-bond donors (Lipinski definition) is 0. The molecule has 0 aliphatic carbocycles. The van der Waals surface area contributed by atoms with Gasteiger partial charge in [0, 0.05) is 12.3 Å². The molecule has 4 rings (SSSR count). The largest absolute Gasteiger partial charge is 0.497 e. The number of aromatic nitrogens is 5. The summed E-state index contributed by atoms with van der Waals surface area (Å²) < 4.78 is 12.7. The van der Waals surface area contributed by atoms with Crippen molar-refractivity contribution in [3.8, 4) is 17.5 Å². The summed E-state index contributed by atoms with van der Waals surface area (Å²) in [5.41, 5.74) is 2.22. The van der Waals surface area contributed by atoms with Crippen molar-refractivity contribution in [2.75, 3.05) is 7.11 Å². The molecule has 0 radical (unpaired) electrons. The highest BCUT2D eigenvalue weighted by Gasteiger charge is 2.16. The summed E-state index contributed by atoms with van der Waals surface area (Å²) >= 11 is 0. The average molecular weight is 392 g/mol. The predicted octanol–water partition coefficient (Wildman–Crippen LogP) is 3.29. The van der Waals surface area contributed by atoms with E-state index in [1.807, 2.05) is 31.2 Å². The van der Waals surface area contributed by atoms with Crippen LogP contribution in [0.5, 0.6) is 17.5 Å². The van der Waals surface area contributed by atoms with Gasteiger partial charge in [-0.2, -0.15) is 15.1 Å². The average Bonchev–Trinajstić information content (AvgIpc) is 3.05. The van der Waals surface area contributed by atoms with Crippen molar-refractivity contribution >= 4 is 16.7 Å². The number of hydrogen-bond acceptors (Lipinski definition) is 8. The zero-order valence-corrected chi connectivity index (χ0v) is 15.6. The van der Waals surface area contributed by atoms with Crippen LogP contribution < -0.4 is 9.47 Å². The molecule has 10 heteroatoms. The number of pyridine rings is 1. The Morgan fingerprint density at radius 2 is 1.83 bits per heavy atom. The summed E-state index contributed by atoms with van der Waals surface area (Å²) in [6.45, 7) is 2.39. The molecule has 1 aromatic carbocycles. The maximum absolute atomic E-state index is 10.7. The third kappa shape index (κ3) is 3.68. The second-order valence-electron chi connectivity index (χ2n) is 6.18. The maximum atomic E-state index is 10.7. The van der Waals surface area contributed by atoms with Crippen molar-refractivity contribution in [1.29, 1.82) is 0 Å². The van der Waals surface area contributed by atoms with E-state index in [1.165, 1.54) is 0 Å². The van der Waals surface area contributed by atoms with Crippen molar-refractivity contribution < 1.29 is 14.4 Å². The molecule has 0 atom stereocenters. The lowest BCUT2D eigenvalue weighted by Crippen LogP contribution is -2.03. The molecule has 0 spiro atoms. The standard InChI is InChI=1S/C19H16N6O4/c1-12-17-16(29-19-21-9-14(10-22-19)25(26)27)7-8-20-18(17)24(23-12)11-13-3-5-15(28-2)6-4-13/h3-10H,11H2,1-2H3. The zero-order chi connectivity index (χ0) is 20.4. The van der Waals surface area contributed by atoms with Crippen LogP contribution in [0.4, 0.5) is 5.69 Å². The molecule has 0 saturated heterocycles. The van der Waals surface area contributed by atoms with Crippen LogP contribution in [0.2, 0.25) is 0 Å². The predicted molar refractivity (Wildman–Crippen MR) is 103 cm³/mol. The molecular weight excluding hydrogens is 376 g/mol. The molecule has 0 amide bonds. The number of nitrogens with zero attached hydrogens (tertiary/aromatic N) is 6. The number of rotatable bonds is 6. The van der Waals surface area contributed by atoms with E-state index in [9.17, 15) is 10.1 Å². The Labute approximate surface area is 164 Å². The van der Waals surface area contributed by atoms with Gasteiger partial charge in [-0.1, -0.05) is 12.1 Å². The van der Waals surface area contributed by atoms with Crippen molar-refractivity contribution in [3.63, 3.8) is 0 Å². The molecule has 3 heterocycles. The minimum Gasteiger partial charge on any atom is -0.497 e. The fourth-order valence-electron chi connectivity index (χ4n) is 2.90. The minimum atomic E-state index is -0.568. The Kier molecular flexibility index (Phi) is 4.73. The number of aryl methyl sites for hydroxylation is 1. The highest BCUT2D eigenvalue weighted by atomic mass is 16.6. The van der Waals surface area contributed by atoms with Crippen LogP contribution in [-0.4, -0.2) is 36.8 Å². The Morgan fingerprint density at radius 1 is 1.10 bits per heavy atom. The summed E-state index contributed by atoms with van der Waals surface area (Å²) in [6, 6.07) is 9.40. The first-order valence-electron chi connectivity index (χ1n) is 8.64. The van der Waals surface area contributed by atoms with E-state index in [4.69, 9.17) is 9.47 Å². The van der Waals surface area contributed by atoms with Crippen molar-refractivity contribution in [1.82, 2.24) is 24.7 Å². The van der Waals surface area contributed by atoms with Gasteiger partial charge in [-0.15, -0.1) is 0 Å². The van der Waals surface area contributed by atoms with E-state index >= 15 is 0 Å². The number of benzene rings is 1. The lowest BCUT2D eigenvalue weighted by molar-refractivity contribution is -0.385. The Balaban J connectivity index is 1.65. The molecule has 10 nitrogen and oxygen atoms in total. The molecule has 0 N–H and O–H groups in total. The highest BCUT2D eigenvalue weighted by molar-refractivity contribution is 5.85. The number of nitro groups is 1. The van der Waals surface area contributed by atoms with Gasteiger partial charge in [0.15, 0.2) is 5.65 Å². The molecule has 0 fully saturated rings. The van der Waals surface area contributed by atoms with Crippen LogP contribution >= 0.6 is 0 Å². The fourth-order valence-corrected chi connectivity index (χ4v) is 2.90. The van der Waals surface area contributed by atoms with Crippen LogP contribution in [0.25, 0.3) is 11.0 Å². The van der Waals surface area contributed by atoms with Gasteiger partial charge in [0.2, 0.25) is 0 Å². The Bertz CT molecular complexity index is 1170. The first kappa shape index (κ1) is 18.3. The van der Waals surface area contributed by atoms with Gasteiger partial charge in [-0.3, -0.25) is 10.1 Å². The smallest absolute Gasteiger partial charge is 0.322 e. The van der Waals surface area contributed by atoms with E-state index in [1.54, 1.807) is 24.1 Å². The summed E-state index contributed by atoms with van der Waals surface area (Å²) in [6.07, 6.45) is 3.80. The van der Waals surface area contributed by atoms with Crippen LogP contribution in [0.15, 0.2) is 48.9 Å². The van der Waals surface area contributed by atoms with Gasteiger partial charge in [0.1, 0.15) is 23.9 Å². The third-order valence-corrected chi connectivity index (χ3v) is 4.29. The molecule has 0 bridgehead atoms.